The lowest BCUT2D eigenvalue weighted by atomic mass is 10.1. The summed E-state index contributed by atoms with van der Waals surface area (Å²) in [4.78, 5) is 27.3. The van der Waals surface area contributed by atoms with Crippen molar-refractivity contribution in [2.24, 2.45) is 0 Å². The molecule has 0 aliphatic carbocycles. The molecule has 5 nitrogen and oxygen atoms in total. The van der Waals surface area contributed by atoms with Crippen LogP contribution in [-0.2, 0) is 11.2 Å². The molecule has 3 rings (SSSR count). The Balaban J connectivity index is 1.65. The van der Waals surface area contributed by atoms with Crippen molar-refractivity contribution in [3.63, 3.8) is 0 Å². The predicted octanol–water partition coefficient (Wildman–Crippen LogP) is 3.81. The van der Waals surface area contributed by atoms with Gasteiger partial charge in [-0.25, -0.2) is 0 Å². The Labute approximate surface area is 152 Å². The Hall–Kier alpha value is -3.08. The van der Waals surface area contributed by atoms with Gasteiger partial charge in [0.25, 0.3) is 5.56 Å². The summed E-state index contributed by atoms with van der Waals surface area (Å²) in [6, 6.07) is 15.0. The molecule has 0 bridgehead atoms. The minimum absolute atomic E-state index is 0.127. The Morgan fingerprint density at radius 2 is 1.92 bits per heavy atom. The van der Waals surface area contributed by atoms with E-state index >= 15 is 0 Å². The summed E-state index contributed by atoms with van der Waals surface area (Å²) in [6.07, 6.45) is 0.635. The molecule has 2 aromatic carbocycles. The van der Waals surface area contributed by atoms with E-state index < -0.39 is 0 Å². The first-order valence-electron chi connectivity index (χ1n) is 8.71. The zero-order valence-corrected chi connectivity index (χ0v) is 15.0. The van der Waals surface area contributed by atoms with Crippen LogP contribution in [0.1, 0.15) is 24.5 Å². The number of pyridine rings is 1. The molecule has 134 valence electrons. The average Bonchev–Trinajstić information content (AvgIpc) is 2.63. The molecule has 0 spiro atoms. The highest BCUT2D eigenvalue weighted by atomic mass is 16.5. The molecule has 0 saturated carbocycles. The fourth-order valence-corrected chi connectivity index (χ4v) is 2.89. The molecule has 0 radical (unpaired) electrons. The van der Waals surface area contributed by atoms with Gasteiger partial charge in [-0.3, -0.25) is 9.59 Å². The van der Waals surface area contributed by atoms with Gasteiger partial charge in [0.2, 0.25) is 5.91 Å². The van der Waals surface area contributed by atoms with Gasteiger partial charge in [-0.05, 0) is 61.5 Å². The van der Waals surface area contributed by atoms with Gasteiger partial charge in [0, 0.05) is 17.7 Å². The van der Waals surface area contributed by atoms with Crippen molar-refractivity contribution >= 4 is 22.5 Å². The number of aromatic amines is 1. The molecule has 3 aromatic rings. The molecule has 1 aromatic heterocycles. The summed E-state index contributed by atoms with van der Waals surface area (Å²) in [5.41, 5.74) is 3.06. The molecule has 0 aliphatic rings. The van der Waals surface area contributed by atoms with Gasteiger partial charge in [0.15, 0.2) is 0 Å². The van der Waals surface area contributed by atoms with Crippen molar-refractivity contribution in [3.05, 3.63) is 70.0 Å². The molecule has 0 unspecified atom stereocenters. The summed E-state index contributed by atoms with van der Waals surface area (Å²) in [5, 5.41) is 3.82. The van der Waals surface area contributed by atoms with E-state index in [1.54, 1.807) is 12.1 Å². The lowest BCUT2D eigenvalue weighted by Crippen LogP contribution is -2.17. The molecule has 1 heterocycles. The maximum absolute atomic E-state index is 12.3. The van der Waals surface area contributed by atoms with Crippen molar-refractivity contribution in [2.75, 3.05) is 11.9 Å². The second-order valence-electron chi connectivity index (χ2n) is 6.17. The smallest absolute Gasteiger partial charge is 0.251 e. The zero-order chi connectivity index (χ0) is 18.5. The summed E-state index contributed by atoms with van der Waals surface area (Å²) < 4.78 is 5.38. The number of carbonyl (C=O) groups excluding carboxylic acids is 1. The SMILES string of the molecule is CCOc1ccc(NC(=O)CCc2cc3cccc(C)c3[nH]c2=O)cc1. The Morgan fingerprint density at radius 1 is 1.15 bits per heavy atom. The highest BCUT2D eigenvalue weighted by molar-refractivity contribution is 5.91. The summed E-state index contributed by atoms with van der Waals surface area (Å²) in [5.74, 6) is 0.640. The molecular formula is C21H22N2O3. The van der Waals surface area contributed by atoms with E-state index in [9.17, 15) is 9.59 Å². The number of aromatic nitrogens is 1. The number of para-hydroxylation sites is 1. The minimum Gasteiger partial charge on any atom is -0.494 e. The van der Waals surface area contributed by atoms with Crippen LogP contribution in [0.25, 0.3) is 10.9 Å². The van der Waals surface area contributed by atoms with Crippen LogP contribution in [0.15, 0.2) is 53.3 Å². The summed E-state index contributed by atoms with van der Waals surface area (Å²) >= 11 is 0. The van der Waals surface area contributed by atoms with Crippen molar-refractivity contribution in [3.8, 4) is 5.75 Å². The standard InChI is InChI=1S/C21H22N2O3/c1-3-26-18-10-8-17(9-11-18)22-19(24)12-7-16-13-15-6-4-5-14(2)20(15)23-21(16)25/h4-6,8-11,13H,3,7,12H2,1-2H3,(H,22,24)(H,23,25). The van der Waals surface area contributed by atoms with Gasteiger partial charge in [-0.2, -0.15) is 0 Å². The Kier molecular flexibility index (Phi) is 5.37. The first-order valence-corrected chi connectivity index (χ1v) is 8.71. The fraction of sp³-hybridized carbons (Fsp3) is 0.238. The maximum atomic E-state index is 12.3. The van der Waals surface area contributed by atoms with E-state index in [2.05, 4.69) is 10.3 Å². The summed E-state index contributed by atoms with van der Waals surface area (Å²) in [6.45, 7) is 4.49. The number of hydrogen-bond acceptors (Lipinski definition) is 3. The lowest BCUT2D eigenvalue weighted by molar-refractivity contribution is -0.116. The van der Waals surface area contributed by atoms with Gasteiger partial charge in [0.1, 0.15) is 5.75 Å². The van der Waals surface area contributed by atoms with Gasteiger partial charge in [-0.15, -0.1) is 0 Å². The third-order valence-electron chi connectivity index (χ3n) is 4.24. The van der Waals surface area contributed by atoms with Crippen molar-refractivity contribution in [2.45, 2.75) is 26.7 Å². The zero-order valence-electron chi connectivity index (χ0n) is 15.0. The van der Waals surface area contributed by atoms with Gasteiger partial charge in [0.05, 0.1) is 12.1 Å². The van der Waals surface area contributed by atoms with Gasteiger partial charge < -0.3 is 15.0 Å². The van der Waals surface area contributed by atoms with Crippen molar-refractivity contribution in [1.82, 2.24) is 4.98 Å². The van der Waals surface area contributed by atoms with Crippen molar-refractivity contribution < 1.29 is 9.53 Å². The number of fused-ring (bicyclic) bond motifs is 1. The molecule has 2 N–H and O–H groups in total. The van der Waals surface area contributed by atoms with Crippen LogP contribution < -0.4 is 15.6 Å². The van der Waals surface area contributed by atoms with E-state index in [-0.39, 0.29) is 17.9 Å². The number of H-pyrrole nitrogens is 1. The van der Waals surface area contributed by atoms with Crippen LogP contribution in [0, 0.1) is 6.92 Å². The van der Waals surface area contributed by atoms with Crippen LogP contribution in [0.3, 0.4) is 0 Å². The fourth-order valence-electron chi connectivity index (χ4n) is 2.89. The normalized spacial score (nSPS) is 10.7. The lowest BCUT2D eigenvalue weighted by Gasteiger charge is -2.08. The number of amides is 1. The number of hydrogen-bond donors (Lipinski definition) is 2. The molecule has 0 fully saturated rings. The number of rotatable bonds is 6. The molecule has 0 atom stereocenters. The van der Waals surface area contributed by atoms with E-state index in [4.69, 9.17) is 4.74 Å². The van der Waals surface area contributed by atoms with Crippen LogP contribution in [0.4, 0.5) is 5.69 Å². The summed E-state index contributed by atoms with van der Waals surface area (Å²) in [7, 11) is 0. The van der Waals surface area contributed by atoms with E-state index in [1.165, 1.54) is 0 Å². The molecule has 5 heteroatoms. The number of carbonyl (C=O) groups is 1. The number of nitrogens with one attached hydrogen (secondary N) is 2. The topological polar surface area (TPSA) is 71.2 Å². The molecule has 26 heavy (non-hydrogen) atoms. The monoisotopic (exact) mass is 350 g/mol. The molecule has 1 amide bonds. The minimum atomic E-state index is -0.138. The van der Waals surface area contributed by atoms with E-state index in [1.807, 2.05) is 50.2 Å². The number of aryl methyl sites for hydroxylation is 2. The first kappa shape index (κ1) is 17.7. The predicted molar refractivity (Wildman–Crippen MR) is 104 cm³/mol. The van der Waals surface area contributed by atoms with Crippen molar-refractivity contribution in [1.29, 1.82) is 0 Å². The average molecular weight is 350 g/mol. The number of anilines is 1. The van der Waals surface area contributed by atoms with Crippen LogP contribution in [0.2, 0.25) is 0 Å². The first-order chi connectivity index (χ1) is 12.6. The number of ether oxygens (including phenoxy) is 1. The van der Waals surface area contributed by atoms with Crippen LogP contribution in [0.5, 0.6) is 5.75 Å². The second-order valence-corrected chi connectivity index (χ2v) is 6.17. The highest BCUT2D eigenvalue weighted by Gasteiger charge is 2.08. The number of benzene rings is 2. The quantitative estimate of drug-likeness (QED) is 0.710. The van der Waals surface area contributed by atoms with E-state index in [0.717, 1.165) is 22.2 Å². The Morgan fingerprint density at radius 3 is 2.65 bits per heavy atom. The largest absolute Gasteiger partial charge is 0.494 e. The molecule has 0 saturated heterocycles. The van der Waals surface area contributed by atoms with Crippen LogP contribution in [-0.4, -0.2) is 17.5 Å². The Bertz CT molecular complexity index is 975. The van der Waals surface area contributed by atoms with Gasteiger partial charge in [-0.1, -0.05) is 18.2 Å². The van der Waals surface area contributed by atoms with Gasteiger partial charge >= 0.3 is 0 Å². The third kappa shape index (κ3) is 4.11. The molecular weight excluding hydrogens is 328 g/mol. The maximum Gasteiger partial charge on any atom is 0.251 e. The second kappa shape index (κ2) is 7.87. The highest BCUT2D eigenvalue weighted by Crippen LogP contribution is 2.17. The van der Waals surface area contributed by atoms with E-state index in [0.29, 0.717) is 24.3 Å². The van der Waals surface area contributed by atoms with Crippen LogP contribution >= 0.6 is 0 Å². The third-order valence-corrected chi connectivity index (χ3v) is 4.24. The molecule has 0 aliphatic heterocycles.